The molecule has 0 radical (unpaired) electrons. The summed E-state index contributed by atoms with van der Waals surface area (Å²) in [5.74, 6) is 0.118. The van der Waals surface area contributed by atoms with Crippen LogP contribution in [0.3, 0.4) is 0 Å². The van der Waals surface area contributed by atoms with Crippen molar-refractivity contribution in [3.05, 3.63) is 35.9 Å². The molecule has 1 aliphatic rings. The standard InChI is InChI=1S/C16H23NO/c1-13(12-14-8-4-2-5-9-14)17-16(18)15-10-6-3-7-11-15/h3,6-7,10-11,13-14H,2,4-5,8-9,12H2,1H3,(H,17,18)/t13-/m1/s1/i1D3. The van der Waals surface area contributed by atoms with E-state index in [0.717, 1.165) is 12.8 Å². The van der Waals surface area contributed by atoms with Crippen LogP contribution in [0.15, 0.2) is 30.3 Å². The van der Waals surface area contributed by atoms with Gasteiger partial charge in [-0.3, -0.25) is 4.79 Å². The molecule has 0 saturated heterocycles. The van der Waals surface area contributed by atoms with E-state index in [1.807, 2.05) is 6.07 Å². The molecule has 1 aromatic rings. The zero-order chi connectivity index (χ0) is 15.3. The average molecular weight is 248 g/mol. The lowest BCUT2D eigenvalue weighted by molar-refractivity contribution is 0.0933. The fourth-order valence-corrected chi connectivity index (χ4v) is 2.65. The number of nitrogens with one attached hydrogen (secondary N) is 1. The molecule has 0 aromatic heterocycles. The molecule has 2 heteroatoms. The predicted octanol–water partition coefficient (Wildman–Crippen LogP) is 3.78. The van der Waals surface area contributed by atoms with E-state index in [0.29, 0.717) is 17.9 Å². The normalized spacial score (nSPS) is 21.4. The van der Waals surface area contributed by atoms with Crippen molar-refractivity contribution < 1.29 is 8.91 Å². The van der Waals surface area contributed by atoms with Crippen LogP contribution in [0, 0.1) is 5.92 Å². The predicted molar refractivity (Wildman–Crippen MR) is 74.6 cm³/mol. The van der Waals surface area contributed by atoms with E-state index in [4.69, 9.17) is 4.11 Å². The molecule has 1 fully saturated rings. The molecule has 0 aliphatic heterocycles. The van der Waals surface area contributed by atoms with Gasteiger partial charge in [0, 0.05) is 15.7 Å². The quantitative estimate of drug-likeness (QED) is 0.863. The lowest BCUT2D eigenvalue weighted by atomic mass is 9.85. The molecule has 0 heterocycles. The van der Waals surface area contributed by atoms with E-state index in [1.54, 1.807) is 24.3 Å². The Balaban J connectivity index is 2.01. The number of carbonyl (C=O) groups is 1. The Kier molecular flexibility index (Phi) is 3.51. The molecule has 0 bridgehead atoms. The molecule has 1 saturated carbocycles. The zero-order valence-corrected chi connectivity index (χ0v) is 10.7. The molecular weight excluding hydrogens is 222 g/mol. The molecule has 1 atom stereocenters. The fourth-order valence-electron chi connectivity index (χ4n) is 2.65. The highest BCUT2D eigenvalue weighted by Gasteiger charge is 2.17. The van der Waals surface area contributed by atoms with Gasteiger partial charge in [-0.15, -0.1) is 0 Å². The Morgan fingerprint density at radius 2 is 2.06 bits per heavy atom. The molecule has 0 spiro atoms. The second-order valence-electron chi connectivity index (χ2n) is 5.13. The number of hydrogen-bond donors (Lipinski definition) is 1. The van der Waals surface area contributed by atoms with Crippen LogP contribution in [0.4, 0.5) is 0 Å². The largest absolute Gasteiger partial charge is 0.350 e. The maximum atomic E-state index is 12.2. The fraction of sp³-hybridized carbons (Fsp3) is 0.562. The van der Waals surface area contributed by atoms with Gasteiger partial charge in [-0.25, -0.2) is 0 Å². The summed E-state index contributed by atoms with van der Waals surface area (Å²) in [7, 11) is 0. The summed E-state index contributed by atoms with van der Waals surface area (Å²) in [6.07, 6.45) is 6.29. The van der Waals surface area contributed by atoms with Crippen LogP contribution in [-0.4, -0.2) is 11.9 Å². The Labute approximate surface area is 114 Å². The summed E-state index contributed by atoms with van der Waals surface area (Å²) in [4.78, 5) is 12.2. The molecule has 2 nitrogen and oxygen atoms in total. The number of benzene rings is 1. The monoisotopic (exact) mass is 248 g/mol. The topological polar surface area (TPSA) is 29.1 Å². The van der Waals surface area contributed by atoms with Crippen molar-refractivity contribution in [2.24, 2.45) is 5.92 Å². The average Bonchev–Trinajstić information content (AvgIpc) is 2.47. The Morgan fingerprint density at radius 3 is 2.72 bits per heavy atom. The SMILES string of the molecule is [2H]C([2H])([2H])[C@H](CC1CCCCC1)NC(=O)c1ccccc1. The minimum Gasteiger partial charge on any atom is -0.350 e. The van der Waals surface area contributed by atoms with E-state index in [2.05, 4.69) is 5.32 Å². The summed E-state index contributed by atoms with van der Waals surface area (Å²) in [5.41, 5.74) is 0.510. The number of amides is 1. The third-order valence-electron chi connectivity index (χ3n) is 3.64. The van der Waals surface area contributed by atoms with Gasteiger partial charge in [0.25, 0.3) is 5.91 Å². The van der Waals surface area contributed by atoms with Gasteiger partial charge in [-0.2, -0.15) is 0 Å². The number of carbonyl (C=O) groups excluding carboxylic acids is 1. The number of hydrogen-bond acceptors (Lipinski definition) is 1. The van der Waals surface area contributed by atoms with Gasteiger partial charge < -0.3 is 5.32 Å². The van der Waals surface area contributed by atoms with Crippen molar-refractivity contribution in [3.8, 4) is 0 Å². The second kappa shape index (κ2) is 6.58. The summed E-state index contributed by atoms with van der Waals surface area (Å²) in [6.45, 7) is -2.15. The van der Waals surface area contributed by atoms with Crippen molar-refractivity contribution in [3.63, 3.8) is 0 Å². The first kappa shape index (κ1) is 9.60. The summed E-state index contributed by atoms with van der Waals surface area (Å²) < 4.78 is 23.0. The molecule has 1 aromatic carbocycles. The van der Waals surface area contributed by atoms with E-state index in [1.165, 1.54) is 19.3 Å². The Hall–Kier alpha value is -1.31. The number of rotatable bonds is 4. The highest BCUT2D eigenvalue weighted by atomic mass is 16.1. The minimum atomic E-state index is -2.15. The molecule has 1 amide bonds. The van der Waals surface area contributed by atoms with Gasteiger partial charge in [0.2, 0.25) is 0 Å². The maximum absolute atomic E-state index is 12.2. The van der Waals surface area contributed by atoms with Gasteiger partial charge in [0.05, 0.1) is 0 Å². The Bertz CT molecular complexity index is 452. The summed E-state index contributed by atoms with van der Waals surface area (Å²) >= 11 is 0. The molecule has 0 unspecified atom stereocenters. The van der Waals surface area contributed by atoms with Crippen LogP contribution in [-0.2, 0) is 0 Å². The van der Waals surface area contributed by atoms with Crippen LogP contribution >= 0.6 is 0 Å². The summed E-state index contributed by atoms with van der Waals surface area (Å²) in [6, 6.07) is 8.04. The molecule has 98 valence electrons. The molecule has 18 heavy (non-hydrogen) atoms. The van der Waals surface area contributed by atoms with E-state index in [9.17, 15) is 4.79 Å². The lowest BCUT2D eigenvalue weighted by Crippen LogP contribution is -2.34. The molecular formula is C16H23NO. The maximum Gasteiger partial charge on any atom is 0.251 e. The van der Waals surface area contributed by atoms with E-state index in [-0.39, 0.29) is 5.91 Å². The van der Waals surface area contributed by atoms with Crippen LogP contribution in [0.2, 0.25) is 0 Å². The van der Waals surface area contributed by atoms with Crippen molar-refractivity contribution in [1.29, 1.82) is 0 Å². The lowest BCUT2D eigenvalue weighted by Gasteiger charge is -2.25. The first-order valence-corrected chi connectivity index (χ1v) is 6.83. The van der Waals surface area contributed by atoms with Crippen LogP contribution in [0.5, 0.6) is 0 Å². The highest BCUT2D eigenvalue weighted by molar-refractivity contribution is 5.94. The van der Waals surface area contributed by atoms with Crippen molar-refractivity contribution in [1.82, 2.24) is 5.32 Å². The first-order chi connectivity index (χ1) is 9.97. The van der Waals surface area contributed by atoms with Gasteiger partial charge in [-0.05, 0) is 31.3 Å². The third-order valence-corrected chi connectivity index (χ3v) is 3.64. The van der Waals surface area contributed by atoms with Gasteiger partial charge >= 0.3 is 0 Å². The third kappa shape index (κ3) is 3.86. The summed E-state index contributed by atoms with van der Waals surface area (Å²) in [5, 5.41) is 2.72. The second-order valence-corrected chi connectivity index (χ2v) is 5.13. The van der Waals surface area contributed by atoms with Gasteiger partial charge in [0.1, 0.15) is 0 Å². The van der Waals surface area contributed by atoms with Crippen LogP contribution in [0.25, 0.3) is 0 Å². The highest BCUT2D eigenvalue weighted by Crippen LogP contribution is 2.27. The van der Waals surface area contributed by atoms with Crippen molar-refractivity contribution >= 4 is 5.91 Å². The van der Waals surface area contributed by atoms with Gasteiger partial charge in [0.15, 0.2) is 0 Å². The molecule has 1 N–H and O–H groups in total. The van der Waals surface area contributed by atoms with E-state index < -0.39 is 12.9 Å². The van der Waals surface area contributed by atoms with Crippen molar-refractivity contribution in [2.75, 3.05) is 0 Å². The van der Waals surface area contributed by atoms with Crippen LogP contribution in [0.1, 0.15) is 59.8 Å². The zero-order valence-electron chi connectivity index (χ0n) is 13.7. The smallest absolute Gasteiger partial charge is 0.251 e. The molecule has 1 aliphatic carbocycles. The molecule has 2 rings (SSSR count). The van der Waals surface area contributed by atoms with Gasteiger partial charge in [-0.1, -0.05) is 50.3 Å². The van der Waals surface area contributed by atoms with Crippen molar-refractivity contribution in [2.45, 2.75) is 51.4 Å². The first-order valence-electron chi connectivity index (χ1n) is 8.33. The van der Waals surface area contributed by atoms with Crippen LogP contribution < -0.4 is 5.32 Å². The Morgan fingerprint density at radius 1 is 1.33 bits per heavy atom. The van der Waals surface area contributed by atoms with E-state index >= 15 is 0 Å². The minimum absolute atomic E-state index is 0.299.